The van der Waals surface area contributed by atoms with Crippen molar-refractivity contribution in [2.24, 2.45) is 0 Å². The molecule has 0 aliphatic heterocycles. The smallest absolute Gasteiger partial charge is 0.256 e. The van der Waals surface area contributed by atoms with E-state index < -0.39 is 0 Å². The molecule has 43 heavy (non-hydrogen) atoms. The van der Waals surface area contributed by atoms with Crippen molar-refractivity contribution in [1.29, 1.82) is 0 Å². The second-order valence-corrected chi connectivity index (χ2v) is 10.2. The molecule has 0 aliphatic carbocycles. The summed E-state index contributed by atoms with van der Waals surface area (Å²) in [6.07, 6.45) is 0.376. The van der Waals surface area contributed by atoms with Gasteiger partial charge in [-0.2, -0.15) is 0 Å². The van der Waals surface area contributed by atoms with Crippen molar-refractivity contribution in [3.05, 3.63) is 145 Å². The molecule has 0 aliphatic rings. The Hall–Kier alpha value is -6.02. The molecular formula is C35H24N8. The molecule has 8 nitrogen and oxygen atoms in total. The number of aromatic nitrogens is 8. The van der Waals surface area contributed by atoms with Crippen LogP contribution < -0.4 is 0 Å². The summed E-state index contributed by atoms with van der Waals surface area (Å²) < 4.78 is 4.02. The van der Waals surface area contributed by atoms with E-state index in [1.807, 2.05) is 81.6 Å². The third-order valence-electron chi connectivity index (χ3n) is 7.49. The molecule has 4 aromatic carbocycles. The minimum atomic E-state index is 0.376. The molecule has 4 aromatic heterocycles. The zero-order valence-electron chi connectivity index (χ0n) is 23.0. The topological polar surface area (TPSA) is 86.2 Å². The molecule has 0 fully saturated rings. The Kier molecular flexibility index (Phi) is 6.00. The first kappa shape index (κ1) is 24.8. The standard InChI is InChI=1S/C35H24N8/c1-5-13-24(14-6-1)28-21-30(26-17-9-3-10-18-26)42-32(38-40-34(42)36-28)23-33-39-41-35-37-29(25-15-7-2-8-16-25)22-31(43(33)35)27-19-11-4-12-20-27/h1-22H,23H2. The maximum absolute atomic E-state index is 4.89. The van der Waals surface area contributed by atoms with Crippen LogP contribution in [0, 0.1) is 0 Å². The van der Waals surface area contributed by atoms with E-state index in [9.17, 15) is 0 Å². The Morgan fingerprint density at radius 2 is 0.744 bits per heavy atom. The largest absolute Gasteiger partial charge is 0.262 e. The second kappa shape index (κ2) is 10.4. The lowest BCUT2D eigenvalue weighted by Crippen LogP contribution is -2.06. The molecule has 204 valence electrons. The first-order valence-corrected chi connectivity index (χ1v) is 14.0. The summed E-state index contributed by atoms with van der Waals surface area (Å²) in [4.78, 5) is 9.78. The molecule has 8 heteroatoms. The van der Waals surface area contributed by atoms with Crippen LogP contribution in [0.3, 0.4) is 0 Å². The second-order valence-electron chi connectivity index (χ2n) is 10.2. The fourth-order valence-electron chi connectivity index (χ4n) is 5.45. The van der Waals surface area contributed by atoms with E-state index in [0.717, 1.165) is 45.0 Å². The van der Waals surface area contributed by atoms with Crippen LogP contribution in [0.2, 0.25) is 0 Å². The number of fused-ring (bicyclic) bond motifs is 2. The third kappa shape index (κ3) is 4.51. The van der Waals surface area contributed by atoms with Crippen molar-refractivity contribution in [2.75, 3.05) is 0 Å². The van der Waals surface area contributed by atoms with Gasteiger partial charge in [0.1, 0.15) is 11.6 Å². The van der Waals surface area contributed by atoms with E-state index in [4.69, 9.17) is 9.97 Å². The van der Waals surface area contributed by atoms with Gasteiger partial charge in [-0.3, -0.25) is 8.80 Å². The quantitative estimate of drug-likeness (QED) is 0.223. The molecule has 4 heterocycles. The van der Waals surface area contributed by atoms with Gasteiger partial charge in [0.15, 0.2) is 0 Å². The molecule has 8 rings (SSSR count). The Morgan fingerprint density at radius 1 is 0.395 bits per heavy atom. The van der Waals surface area contributed by atoms with Gasteiger partial charge >= 0.3 is 0 Å². The first-order chi connectivity index (χ1) is 21.3. The van der Waals surface area contributed by atoms with Crippen LogP contribution in [0.4, 0.5) is 0 Å². The van der Waals surface area contributed by atoms with Crippen molar-refractivity contribution >= 4 is 11.6 Å². The predicted octanol–water partition coefficient (Wildman–Crippen LogP) is 6.82. The van der Waals surface area contributed by atoms with E-state index in [1.165, 1.54) is 0 Å². The third-order valence-corrected chi connectivity index (χ3v) is 7.49. The van der Waals surface area contributed by atoms with Crippen molar-refractivity contribution in [3.8, 4) is 45.0 Å². The highest BCUT2D eigenvalue weighted by Gasteiger charge is 2.20. The molecule has 0 spiro atoms. The number of hydrogen-bond donors (Lipinski definition) is 0. The summed E-state index contributed by atoms with van der Waals surface area (Å²) in [6.45, 7) is 0. The summed E-state index contributed by atoms with van der Waals surface area (Å²) >= 11 is 0. The maximum Gasteiger partial charge on any atom is 0.256 e. The molecule has 0 saturated heterocycles. The Labute approximate surface area is 247 Å². The Bertz CT molecular complexity index is 2030. The zero-order chi connectivity index (χ0) is 28.6. The molecule has 0 bridgehead atoms. The summed E-state index contributed by atoms with van der Waals surface area (Å²) in [5, 5.41) is 18.3. The maximum atomic E-state index is 4.89. The summed E-state index contributed by atoms with van der Waals surface area (Å²) in [5.74, 6) is 2.47. The van der Waals surface area contributed by atoms with Crippen molar-refractivity contribution in [2.45, 2.75) is 6.42 Å². The van der Waals surface area contributed by atoms with E-state index in [1.54, 1.807) is 0 Å². The predicted molar refractivity (Wildman–Crippen MR) is 166 cm³/mol. The lowest BCUT2D eigenvalue weighted by molar-refractivity contribution is 0.856. The summed E-state index contributed by atoms with van der Waals surface area (Å²) in [5.41, 5.74) is 7.69. The number of nitrogens with zero attached hydrogens (tertiary/aromatic N) is 8. The van der Waals surface area contributed by atoms with Crippen LogP contribution in [0.1, 0.15) is 11.6 Å². The minimum Gasteiger partial charge on any atom is -0.262 e. The fraction of sp³-hybridized carbons (Fsp3) is 0.0286. The van der Waals surface area contributed by atoms with Gasteiger partial charge < -0.3 is 0 Å². The average molecular weight is 557 g/mol. The molecule has 0 atom stereocenters. The molecule has 0 N–H and O–H groups in total. The fourth-order valence-corrected chi connectivity index (χ4v) is 5.45. The van der Waals surface area contributed by atoms with Gasteiger partial charge in [0.2, 0.25) is 0 Å². The van der Waals surface area contributed by atoms with Crippen LogP contribution in [0.15, 0.2) is 133 Å². The van der Waals surface area contributed by atoms with E-state index in [2.05, 4.69) is 81.1 Å². The van der Waals surface area contributed by atoms with Crippen LogP contribution in [-0.2, 0) is 6.42 Å². The van der Waals surface area contributed by atoms with Crippen LogP contribution in [0.25, 0.3) is 56.6 Å². The highest BCUT2D eigenvalue weighted by atomic mass is 15.3. The number of hydrogen-bond acceptors (Lipinski definition) is 6. The molecule has 0 radical (unpaired) electrons. The normalized spacial score (nSPS) is 11.3. The van der Waals surface area contributed by atoms with E-state index in [0.29, 0.717) is 29.6 Å². The van der Waals surface area contributed by atoms with Gasteiger partial charge in [0.25, 0.3) is 11.6 Å². The van der Waals surface area contributed by atoms with Crippen molar-refractivity contribution in [1.82, 2.24) is 39.2 Å². The van der Waals surface area contributed by atoms with E-state index in [-0.39, 0.29) is 0 Å². The number of benzene rings is 4. The lowest BCUT2D eigenvalue weighted by atomic mass is 10.1. The monoisotopic (exact) mass is 556 g/mol. The average Bonchev–Trinajstić information content (AvgIpc) is 3.69. The van der Waals surface area contributed by atoms with Gasteiger partial charge in [-0.25, -0.2) is 9.97 Å². The summed E-state index contributed by atoms with van der Waals surface area (Å²) in [6, 6.07) is 44.9. The van der Waals surface area contributed by atoms with Gasteiger partial charge in [-0.15, -0.1) is 20.4 Å². The van der Waals surface area contributed by atoms with Crippen molar-refractivity contribution < 1.29 is 0 Å². The SMILES string of the molecule is c1ccc(-c2cc(-c3ccccc3)n3c(Cc4nnc5nc(-c6ccccc6)cc(-c6ccccc6)n45)nnc3n2)cc1. The zero-order valence-corrected chi connectivity index (χ0v) is 23.0. The number of rotatable bonds is 6. The highest BCUT2D eigenvalue weighted by molar-refractivity contribution is 5.72. The van der Waals surface area contributed by atoms with Crippen molar-refractivity contribution in [3.63, 3.8) is 0 Å². The van der Waals surface area contributed by atoms with Gasteiger partial charge in [0.05, 0.1) is 29.2 Å². The van der Waals surface area contributed by atoms with Crippen LogP contribution >= 0.6 is 0 Å². The molecule has 0 unspecified atom stereocenters. The molecular weight excluding hydrogens is 532 g/mol. The summed E-state index contributed by atoms with van der Waals surface area (Å²) in [7, 11) is 0. The first-order valence-electron chi connectivity index (χ1n) is 14.0. The van der Waals surface area contributed by atoms with E-state index >= 15 is 0 Å². The highest BCUT2D eigenvalue weighted by Crippen LogP contribution is 2.29. The van der Waals surface area contributed by atoms with Gasteiger partial charge in [0, 0.05) is 11.1 Å². The van der Waals surface area contributed by atoms with Gasteiger partial charge in [-0.05, 0) is 23.3 Å². The molecule has 0 saturated carbocycles. The Balaban J connectivity index is 1.31. The van der Waals surface area contributed by atoms with Gasteiger partial charge in [-0.1, -0.05) is 121 Å². The van der Waals surface area contributed by atoms with Crippen LogP contribution in [-0.4, -0.2) is 39.2 Å². The lowest BCUT2D eigenvalue weighted by Gasteiger charge is -2.12. The molecule has 8 aromatic rings. The Morgan fingerprint density at radius 3 is 1.12 bits per heavy atom. The molecule has 0 amide bonds. The minimum absolute atomic E-state index is 0.376. The van der Waals surface area contributed by atoms with Crippen LogP contribution in [0.5, 0.6) is 0 Å².